The highest BCUT2D eigenvalue weighted by molar-refractivity contribution is 5.66. The van der Waals surface area contributed by atoms with Crippen LogP contribution in [0.4, 0.5) is 5.69 Å². The van der Waals surface area contributed by atoms with Crippen molar-refractivity contribution >= 4 is 18.5 Å². The number of aliphatic imine (C=N–C) groups is 1. The maximum absolute atomic E-state index is 5.71. The number of benzene rings is 2. The molecule has 0 saturated heterocycles. The van der Waals surface area contributed by atoms with E-state index in [1.807, 2.05) is 48.5 Å². The van der Waals surface area contributed by atoms with E-state index >= 15 is 0 Å². The Morgan fingerprint density at radius 1 is 1.11 bits per heavy atom. The van der Waals surface area contributed by atoms with Gasteiger partial charge in [-0.05, 0) is 30.0 Å². The maximum Gasteiger partial charge on any atom is 0.122 e. The quantitative estimate of drug-likeness (QED) is 0.713. The smallest absolute Gasteiger partial charge is 0.122 e. The van der Waals surface area contributed by atoms with Crippen LogP contribution in [0.2, 0.25) is 0 Å². The van der Waals surface area contributed by atoms with Gasteiger partial charge in [0.15, 0.2) is 0 Å². The van der Waals surface area contributed by atoms with Crippen LogP contribution in [0.1, 0.15) is 11.1 Å². The van der Waals surface area contributed by atoms with Crippen molar-refractivity contribution in [2.75, 3.05) is 0 Å². The Labute approximate surface area is 107 Å². The molecule has 18 heavy (non-hydrogen) atoms. The molecule has 0 unspecified atom stereocenters. The first-order valence-corrected chi connectivity index (χ1v) is 5.73. The average molecular weight is 237 g/mol. The molecule has 2 heteroatoms. The number of rotatable bonds is 5. The molecule has 0 saturated carbocycles. The molecule has 2 aromatic carbocycles. The van der Waals surface area contributed by atoms with Gasteiger partial charge < -0.3 is 4.74 Å². The Hall–Kier alpha value is -2.35. The molecular formula is C16H15NO. The lowest BCUT2D eigenvalue weighted by atomic mass is 10.1. The zero-order valence-electron chi connectivity index (χ0n) is 10.2. The molecule has 0 bridgehead atoms. The Bertz CT molecular complexity index is 546. The molecule has 2 nitrogen and oxygen atoms in total. The summed E-state index contributed by atoms with van der Waals surface area (Å²) >= 11 is 0. The van der Waals surface area contributed by atoms with Crippen molar-refractivity contribution in [2.24, 2.45) is 4.99 Å². The number of hydrogen-bond acceptors (Lipinski definition) is 2. The van der Waals surface area contributed by atoms with E-state index < -0.39 is 0 Å². The van der Waals surface area contributed by atoms with Crippen molar-refractivity contribution in [3.63, 3.8) is 0 Å². The fourth-order valence-electron chi connectivity index (χ4n) is 1.66. The summed E-state index contributed by atoms with van der Waals surface area (Å²) in [5.41, 5.74) is 2.88. The zero-order valence-corrected chi connectivity index (χ0v) is 10.2. The van der Waals surface area contributed by atoms with Gasteiger partial charge in [-0.3, -0.25) is 4.99 Å². The molecule has 0 atom stereocenters. The monoisotopic (exact) mass is 237 g/mol. The van der Waals surface area contributed by atoms with Crippen molar-refractivity contribution < 1.29 is 4.74 Å². The van der Waals surface area contributed by atoms with Gasteiger partial charge in [-0.15, -0.1) is 0 Å². The van der Waals surface area contributed by atoms with Crippen LogP contribution < -0.4 is 4.74 Å². The highest BCUT2D eigenvalue weighted by Gasteiger charge is 2.01. The highest BCUT2D eigenvalue weighted by atomic mass is 16.5. The molecular weight excluding hydrogens is 222 g/mol. The molecule has 0 fully saturated rings. The lowest BCUT2D eigenvalue weighted by molar-refractivity contribution is 0.306. The SMILES string of the molecule is C=Cc1ccc(OCc2ccccc2)cc1N=C. The van der Waals surface area contributed by atoms with Gasteiger partial charge >= 0.3 is 0 Å². The lowest BCUT2D eigenvalue weighted by Crippen LogP contribution is -1.94. The summed E-state index contributed by atoms with van der Waals surface area (Å²) in [5, 5.41) is 0. The second kappa shape index (κ2) is 5.82. The number of hydrogen-bond donors (Lipinski definition) is 0. The zero-order chi connectivity index (χ0) is 12.8. The lowest BCUT2D eigenvalue weighted by Gasteiger charge is -2.08. The van der Waals surface area contributed by atoms with Gasteiger partial charge in [0, 0.05) is 6.07 Å². The van der Waals surface area contributed by atoms with Crippen molar-refractivity contribution in [1.82, 2.24) is 0 Å². The van der Waals surface area contributed by atoms with Crippen LogP contribution in [0, 0.1) is 0 Å². The normalized spacial score (nSPS) is 9.78. The minimum atomic E-state index is 0.546. The summed E-state index contributed by atoms with van der Waals surface area (Å²) in [5.74, 6) is 0.784. The molecule has 0 spiro atoms. The third-order valence-corrected chi connectivity index (χ3v) is 2.64. The molecule has 2 rings (SSSR count). The summed E-state index contributed by atoms with van der Waals surface area (Å²) in [6, 6.07) is 15.8. The summed E-state index contributed by atoms with van der Waals surface area (Å²) in [6.45, 7) is 7.83. The molecule has 0 aromatic heterocycles. The van der Waals surface area contributed by atoms with Crippen LogP contribution >= 0.6 is 0 Å². The predicted molar refractivity (Wildman–Crippen MR) is 76.5 cm³/mol. The van der Waals surface area contributed by atoms with Crippen molar-refractivity contribution in [3.8, 4) is 5.75 Å². The fourth-order valence-corrected chi connectivity index (χ4v) is 1.66. The maximum atomic E-state index is 5.71. The second-order valence-electron chi connectivity index (χ2n) is 3.86. The summed E-state index contributed by atoms with van der Waals surface area (Å²) in [7, 11) is 0. The molecule has 0 radical (unpaired) electrons. The van der Waals surface area contributed by atoms with Gasteiger partial charge in [-0.1, -0.05) is 43.0 Å². The standard InChI is InChI=1S/C16H15NO/c1-3-14-9-10-15(11-16(14)17-2)18-12-13-7-5-4-6-8-13/h3-11H,1-2,12H2. The first kappa shape index (κ1) is 12.1. The Kier molecular flexibility index (Phi) is 3.92. The molecule has 0 amide bonds. The fraction of sp³-hybridized carbons (Fsp3) is 0.0625. The Balaban J connectivity index is 2.10. The first-order chi connectivity index (χ1) is 8.83. The average Bonchev–Trinajstić information content (AvgIpc) is 2.45. The highest BCUT2D eigenvalue weighted by Crippen LogP contribution is 2.26. The van der Waals surface area contributed by atoms with Crippen LogP contribution in [-0.2, 0) is 6.61 Å². The first-order valence-electron chi connectivity index (χ1n) is 5.73. The summed E-state index contributed by atoms with van der Waals surface area (Å²) in [6.07, 6.45) is 1.75. The minimum absolute atomic E-state index is 0.546. The molecule has 0 aliphatic carbocycles. The molecule has 0 aliphatic heterocycles. The largest absolute Gasteiger partial charge is 0.489 e. The van der Waals surface area contributed by atoms with E-state index in [2.05, 4.69) is 18.3 Å². The van der Waals surface area contributed by atoms with Gasteiger partial charge in [0.1, 0.15) is 12.4 Å². The van der Waals surface area contributed by atoms with E-state index in [1.165, 1.54) is 0 Å². The van der Waals surface area contributed by atoms with Crippen LogP contribution in [0.5, 0.6) is 5.75 Å². The van der Waals surface area contributed by atoms with Crippen molar-refractivity contribution in [2.45, 2.75) is 6.61 Å². The number of nitrogens with zero attached hydrogens (tertiary/aromatic N) is 1. The van der Waals surface area contributed by atoms with E-state index in [0.29, 0.717) is 6.61 Å². The molecule has 90 valence electrons. The van der Waals surface area contributed by atoms with Gasteiger partial charge in [-0.25, -0.2) is 0 Å². The Morgan fingerprint density at radius 2 is 1.89 bits per heavy atom. The molecule has 0 aliphatic rings. The van der Waals surface area contributed by atoms with Gasteiger partial charge in [-0.2, -0.15) is 0 Å². The summed E-state index contributed by atoms with van der Waals surface area (Å²) < 4.78 is 5.71. The molecule has 0 heterocycles. The number of ether oxygens (including phenoxy) is 1. The van der Waals surface area contributed by atoms with E-state index in [0.717, 1.165) is 22.6 Å². The van der Waals surface area contributed by atoms with E-state index in [1.54, 1.807) is 6.08 Å². The Morgan fingerprint density at radius 3 is 2.56 bits per heavy atom. The van der Waals surface area contributed by atoms with Crippen LogP contribution in [0.15, 0.2) is 60.1 Å². The molecule has 2 aromatic rings. The minimum Gasteiger partial charge on any atom is -0.489 e. The summed E-state index contributed by atoms with van der Waals surface area (Å²) in [4.78, 5) is 3.96. The van der Waals surface area contributed by atoms with Crippen LogP contribution in [0.25, 0.3) is 6.08 Å². The van der Waals surface area contributed by atoms with Gasteiger partial charge in [0.25, 0.3) is 0 Å². The third kappa shape index (κ3) is 2.86. The topological polar surface area (TPSA) is 21.6 Å². The van der Waals surface area contributed by atoms with E-state index in [-0.39, 0.29) is 0 Å². The van der Waals surface area contributed by atoms with Gasteiger partial charge in [0.2, 0.25) is 0 Å². The van der Waals surface area contributed by atoms with Gasteiger partial charge in [0.05, 0.1) is 5.69 Å². The predicted octanol–water partition coefficient (Wildman–Crippen LogP) is 4.24. The van der Waals surface area contributed by atoms with E-state index in [9.17, 15) is 0 Å². The third-order valence-electron chi connectivity index (χ3n) is 2.64. The van der Waals surface area contributed by atoms with Crippen LogP contribution in [0.3, 0.4) is 0 Å². The second-order valence-corrected chi connectivity index (χ2v) is 3.86. The molecule has 0 N–H and O–H groups in total. The van der Waals surface area contributed by atoms with Crippen molar-refractivity contribution in [1.29, 1.82) is 0 Å². The van der Waals surface area contributed by atoms with Crippen molar-refractivity contribution in [3.05, 3.63) is 66.2 Å². The van der Waals surface area contributed by atoms with E-state index in [4.69, 9.17) is 4.74 Å². The van der Waals surface area contributed by atoms with Crippen LogP contribution in [-0.4, -0.2) is 6.72 Å².